The molecule has 3 unspecified atom stereocenters. The molecule has 1 fully saturated rings. The fourth-order valence-electron chi connectivity index (χ4n) is 2.38. The molecule has 16 heavy (non-hydrogen) atoms. The maximum Gasteiger partial charge on any atom is 0.146 e. The largest absolute Gasteiger partial charge is 0.205 e. The van der Waals surface area contributed by atoms with Crippen LogP contribution in [-0.2, 0) is 0 Å². The van der Waals surface area contributed by atoms with Crippen LogP contribution in [0.2, 0.25) is 5.02 Å². The van der Waals surface area contributed by atoms with E-state index in [9.17, 15) is 4.39 Å². The van der Waals surface area contributed by atoms with Crippen LogP contribution in [0.4, 0.5) is 4.39 Å². The zero-order valence-electron chi connectivity index (χ0n) is 8.81. The van der Waals surface area contributed by atoms with Gasteiger partial charge in [0.25, 0.3) is 0 Å². The van der Waals surface area contributed by atoms with E-state index in [1.807, 2.05) is 0 Å². The molecule has 0 spiro atoms. The van der Waals surface area contributed by atoms with Gasteiger partial charge in [0.15, 0.2) is 0 Å². The summed E-state index contributed by atoms with van der Waals surface area (Å²) in [5.41, 5.74) is 0.698. The Morgan fingerprint density at radius 1 is 1.38 bits per heavy atom. The van der Waals surface area contributed by atoms with Gasteiger partial charge in [-0.3, -0.25) is 0 Å². The molecule has 0 N–H and O–H groups in total. The van der Waals surface area contributed by atoms with Gasteiger partial charge in [0.2, 0.25) is 0 Å². The molecule has 1 aliphatic rings. The van der Waals surface area contributed by atoms with E-state index in [0.29, 0.717) is 16.0 Å². The van der Waals surface area contributed by atoms with E-state index in [1.54, 1.807) is 12.1 Å². The Balaban J connectivity index is 2.38. The number of hydrogen-bond donors (Lipinski definition) is 0. The van der Waals surface area contributed by atoms with Gasteiger partial charge in [0.05, 0.1) is 5.02 Å². The number of rotatable bonds is 1. The predicted molar refractivity (Wildman–Crippen MR) is 69.9 cm³/mol. The van der Waals surface area contributed by atoms with Crippen LogP contribution in [0.1, 0.15) is 31.2 Å². The molecule has 1 aromatic rings. The number of alkyl halides is 1. The molecule has 3 atom stereocenters. The quantitative estimate of drug-likeness (QED) is 0.481. The first kappa shape index (κ1) is 12.7. The van der Waals surface area contributed by atoms with Crippen molar-refractivity contribution in [3.63, 3.8) is 0 Å². The summed E-state index contributed by atoms with van der Waals surface area (Å²) in [6.07, 6.45) is 1.88. The van der Waals surface area contributed by atoms with Crippen LogP contribution in [0.25, 0.3) is 0 Å². The van der Waals surface area contributed by atoms with Crippen molar-refractivity contribution >= 4 is 39.1 Å². The van der Waals surface area contributed by atoms with Gasteiger partial charge in [0, 0.05) is 9.85 Å². The Morgan fingerprint density at radius 3 is 2.62 bits per heavy atom. The Bertz CT molecular complexity index is 408. The van der Waals surface area contributed by atoms with Gasteiger partial charge in [-0.15, -0.1) is 11.6 Å². The first-order valence-electron chi connectivity index (χ1n) is 5.30. The van der Waals surface area contributed by atoms with E-state index in [4.69, 9.17) is 23.2 Å². The van der Waals surface area contributed by atoms with Crippen molar-refractivity contribution in [1.29, 1.82) is 0 Å². The molecule has 4 heteroatoms. The van der Waals surface area contributed by atoms with Crippen LogP contribution in [0, 0.1) is 11.7 Å². The van der Waals surface area contributed by atoms with Crippen molar-refractivity contribution < 1.29 is 4.39 Å². The lowest BCUT2D eigenvalue weighted by Crippen LogP contribution is -2.11. The van der Waals surface area contributed by atoms with Crippen LogP contribution in [0.3, 0.4) is 0 Å². The minimum absolute atomic E-state index is 0.145. The van der Waals surface area contributed by atoms with Gasteiger partial charge >= 0.3 is 0 Å². The number of hydrogen-bond acceptors (Lipinski definition) is 0. The van der Waals surface area contributed by atoms with E-state index in [0.717, 1.165) is 12.8 Å². The molecule has 2 rings (SSSR count). The molecule has 0 bridgehead atoms. The molecule has 0 aromatic heterocycles. The zero-order chi connectivity index (χ0) is 11.9. The highest BCUT2D eigenvalue weighted by atomic mass is 79.9. The van der Waals surface area contributed by atoms with Crippen molar-refractivity contribution in [2.24, 2.45) is 5.92 Å². The van der Waals surface area contributed by atoms with Crippen LogP contribution in [0.5, 0.6) is 0 Å². The number of benzene rings is 1. The summed E-state index contributed by atoms with van der Waals surface area (Å²) >= 11 is 15.3. The van der Waals surface area contributed by atoms with Gasteiger partial charge < -0.3 is 0 Å². The smallest absolute Gasteiger partial charge is 0.146 e. The monoisotopic (exact) mass is 324 g/mol. The fraction of sp³-hybridized carbons (Fsp3) is 0.500. The Labute approximate surface area is 113 Å². The van der Waals surface area contributed by atoms with Crippen molar-refractivity contribution in [2.45, 2.75) is 31.1 Å². The average Bonchev–Trinajstić information content (AvgIpc) is 2.58. The Morgan fingerprint density at radius 2 is 2.06 bits per heavy atom. The second-order valence-corrected chi connectivity index (χ2v) is 6.12. The normalized spacial score (nSPS) is 29.7. The molecule has 88 valence electrons. The van der Waals surface area contributed by atoms with E-state index in [-0.39, 0.29) is 22.1 Å². The van der Waals surface area contributed by atoms with Gasteiger partial charge in [0.1, 0.15) is 5.82 Å². The first-order valence-corrected chi connectivity index (χ1v) is 6.90. The second kappa shape index (κ2) is 4.83. The number of halogens is 4. The molecule has 0 aliphatic heterocycles. The van der Waals surface area contributed by atoms with E-state index < -0.39 is 0 Å². The third-order valence-corrected chi connectivity index (χ3v) is 5.30. The highest BCUT2D eigenvalue weighted by Crippen LogP contribution is 2.44. The predicted octanol–water partition coefficient (Wildman–Crippen LogP) is 5.36. The second-order valence-electron chi connectivity index (χ2n) is 4.32. The molecule has 1 saturated carbocycles. The molecule has 1 aliphatic carbocycles. The maximum atomic E-state index is 14.0. The summed E-state index contributed by atoms with van der Waals surface area (Å²) < 4.78 is 14.6. The van der Waals surface area contributed by atoms with Crippen molar-refractivity contribution in [1.82, 2.24) is 0 Å². The topological polar surface area (TPSA) is 0 Å². The van der Waals surface area contributed by atoms with Crippen molar-refractivity contribution in [2.75, 3.05) is 0 Å². The summed E-state index contributed by atoms with van der Waals surface area (Å²) in [6.45, 7) is 2.07. The summed E-state index contributed by atoms with van der Waals surface area (Å²) in [4.78, 5) is 0. The molecule has 0 nitrogen and oxygen atoms in total. The fourth-order valence-corrected chi connectivity index (χ4v) is 3.16. The van der Waals surface area contributed by atoms with Crippen molar-refractivity contribution in [3.8, 4) is 0 Å². The lowest BCUT2D eigenvalue weighted by molar-refractivity contribution is 0.504. The van der Waals surface area contributed by atoms with E-state index in [1.165, 1.54) is 0 Å². The highest BCUT2D eigenvalue weighted by molar-refractivity contribution is 9.10. The zero-order valence-corrected chi connectivity index (χ0v) is 11.9. The lowest BCUT2D eigenvalue weighted by atomic mass is 9.90. The molecule has 0 radical (unpaired) electrons. The minimum Gasteiger partial charge on any atom is -0.205 e. The van der Waals surface area contributed by atoms with E-state index in [2.05, 4.69) is 22.9 Å². The van der Waals surface area contributed by atoms with Crippen LogP contribution in [-0.4, -0.2) is 5.38 Å². The molecule has 1 aromatic carbocycles. The highest BCUT2D eigenvalue weighted by Gasteiger charge is 2.34. The van der Waals surface area contributed by atoms with Gasteiger partial charge in [-0.05, 0) is 52.2 Å². The summed E-state index contributed by atoms with van der Waals surface area (Å²) in [6, 6.07) is 3.61. The third kappa shape index (κ3) is 2.12. The van der Waals surface area contributed by atoms with Crippen LogP contribution in [0.15, 0.2) is 16.6 Å². The minimum atomic E-state index is -0.307. The lowest BCUT2D eigenvalue weighted by Gasteiger charge is -2.19. The van der Waals surface area contributed by atoms with Crippen LogP contribution < -0.4 is 0 Å². The van der Waals surface area contributed by atoms with Crippen LogP contribution >= 0.6 is 39.1 Å². The van der Waals surface area contributed by atoms with Crippen molar-refractivity contribution in [3.05, 3.63) is 33.0 Å². The Hall–Kier alpha value is 0.210. The summed E-state index contributed by atoms with van der Waals surface area (Å²) in [5.74, 6) is 0.181. The SMILES string of the molecule is CC1C(Cl)CCC1c1ccc(Br)c(Cl)c1F. The third-order valence-electron chi connectivity index (χ3n) is 3.42. The standard InChI is InChI=1S/C12H12BrCl2F/c1-6-7(3-5-10(6)14)8-2-4-9(13)11(15)12(8)16/h2,4,6-7,10H,3,5H2,1H3. The maximum absolute atomic E-state index is 14.0. The molecular weight excluding hydrogens is 314 g/mol. The Kier molecular flexibility index (Phi) is 3.82. The molecular formula is C12H12BrCl2F. The summed E-state index contributed by atoms with van der Waals surface area (Å²) in [5, 5.41) is 0.314. The first-order chi connectivity index (χ1) is 7.52. The summed E-state index contributed by atoms with van der Waals surface area (Å²) in [7, 11) is 0. The average molecular weight is 326 g/mol. The molecule has 0 saturated heterocycles. The van der Waals surface area contributed by atoms with Gasteiger partial charge in [-0.2, -0.15) is 0 Å². The van der Waals surface area contributed by atoms with Gasteiger partial charge in [-0.25, -0.2) is 4.39 Å². The molecule has 0 amide bonds. The van der Waals surface area contributed by atoms with E-state index >= 15 is 0 Å². The molecule has 0 heterocycles. The van der Waals surface area contributed by atoms with Gasteiger partial charge in [-0.1, -0.05) is 24.6 Å².